The van der Waals surface area contributed by atoms with Crippen LogP contribution in [0.25, 0.3) is 23.2 Å². The van der Waals surface area contributed by atoms with Crippen LogP contribution in [0.15, 0.2) is 42.7 Å². The molecule has 3 aromatic rings. The zero-order chi connectivity index (χ0) is 16.5. The largest absolute Gasteiger partial charge is 0.320 e. The van der Waals surface area contributed by atoms with Crippen molar-refractivity contribution < 1.29 is 0 Å². The van der Waals surface area contributed by atoms with Crippen LogP contribution in [0.1, 0.15) is 22.4 Å². The average Bonchev–Trinajstić information content (AvgIpc) is 2.74. The van der Waals surface area contributed by atoms with E-state index in [1.807, 2.05) is 18.5 Å². The first-order valence-electron chi connectivity index (χ1n) is 8.61. The predicted octanol–water partition coefficient (Wildman–Crippen LogP) is 4.00. The fourth-order valence-electron chi connectivity index (χ4n) is 3.61. The normalized spacial score (nSPS) is 15.8. The number of nitrogens with zero attached hydrogens (tertiary/aromatic N) is 3. The van der Waals surface area contributed by atoms with E-state index in [0.717, 1.165) is 31.5 Å². The SMILES string of the molecule is Cc1ccc2c(c1)c1c(n2/C=C/c2cccnc2)CCN(C)CC1. The van der Waals surface area contributed by atoms with Gasteiger partial charge < -0.3 is 9.47 Å². The molecule has 0 radical (unpaired) electrons. The Kier molecular flexibility index (Phi) is 3.95. The third kappa shape index (κ3) is 2.76. The molecule has 0 aliphatic carbocycles. The highest BCUT2D eigenvalue weighted by Crippen LogP contribution is 2.30. The second kappa shape index (κ2) is 6.25. The first-order valence-corrected chi connectivity index (χ1v) is 8.61. The van der Waals surface area contributed by atoms with Gasteiger partial charge in [-0.15, -0.1) is 0 Å². The van der Waals surface area contributed by atoms with Gasteiger partial charge in [-0.3, -0.25) is 4.98 Å². The van der Waals surface area contributed by atoms with E-state index in [1.54, 1.807) is 0 Å². The molecule has 4 rings (SSSR count). The molecule has 1 aliphatic rings. The van der Waals surface area contributed by atoms with Gasteiger partial charge in [-0.05, 0) is 55.8 Å². The molecule has 24 heavy (non-hydrogen) atoms. The van der Waals surface area contributed by atoms with Crippen LogP contribution in [0.3, 0.4) is 0 Å². The molecule has 1 aliphatic heterocycles. The van der Waals surface area contributed by atoms with Crippen molar-refractivity contribution in [3.05, 3.63) is 65.1 Å². The summed E-state index contributed by atoms with van der Waals surface area (Å²) in [7, 11) is 2.22. The summed E-state index contributed by atoms with van der Waals surface area (Å²) in [6, 6.07) is 10.9. The van der Waals surface area contributed by atoms with Crippen molar-refractivity contribution in [3.8, 4) is 0 Å². The summed E-state index contributed by atoms with van der Waals surface area (Å²) in [5, 5.41) is 1.41. The Morgan fingerprint density at radius 1 is 1.12 bits per heavy atom. The maximum atomic E-state index is 4.20. The summed E-state index contributed by atoms with van der Waals surface area (Å²) >= 11 is 0. The second-order valence-corrected chi connectivity index (χ2v) is 6.72. The lowest BCUT2D eigenvalue weighted by atomic mass is 10.1. The molecular formula is C21H23N3. The Bertz CT molecular complexity index is 890. The van der Waals surface area contributed by atoms with Gasteiger partial charge in [-0.25, -0.2) is 0 Å². The summed E-state index contributed by atoms with van der Waals surface area (Å²) in [4.78, 5) is 6.63. The summed E-state index contributed by atoms with van der Waals surface area (Å²) in [5.41, 5.74) is 6.76. The highest BCUT2D eigenvalue weighted by Gasteiger charge is 2.19. The van der Waals surface area contributed by atoms with Crippen molar-refractivity contribution in [1.29, 1.82) is 0 Å². The fraction of sp³-hybridized carbons (Fsp3) is 0.286. The number of aromatic nitrogens is 2. The van der Waals surface area contributed by atoms with Crippen LogP contribution in [0.4, 0.5) is 0 Å². The van der Waals surface area contributed by atoms with E-state index >= 15 is 0 Å². The maximum absolute atomic E-state index is 4.20. The van der Waals surface area contributed by atoms with E-state index in [9.17, 15) is 0 Å². The number of hydrogen-bond acceptors (Lipinski definition) is 2. The minimum Gasteiger partial charge on any atom is -0.320 e. The predicted molar refractivity (Wildman–Crippen MR) is 101 cm³/mol. The van der Waals surface area contributed by atoms with Gasteiger partial charge in [0.2, 0.25) is 0 Å². The highest BCUT2D eigenvalue weighted by molar-refractivity contribution is 5.89. The molecule has 0 spiro atoms. The molecule has 0 fully saturated rings. The summed E-state index contributed by atoms with van der Waals surface area (Å²) in [6.07, 6.45) is 10.3. The second-order valence-electron chi connectivity index (χ2n) is 6.72. The fourth-order valence-corrected chi connectivity index (χ4v) is 3.61. The maximum Gasteiger partial charge on any atom is 0.0528 e. The van der Waals surface area contributed by atoms with E-state index in [1.165, 1.54) is 27.7 Å². The van der Waals surface area contributed by atoms with Crippen LogP contribution in [-0.4, -0.2) is 34.6 Å². The van der Waals surface area contributed by atoms with Gasteiger partial charge >= 0.3 is 0 Å². The molecule has 1 aromatic carbocycles. The van der Waals surface area contributed by atoms with Crippen molar-refractivity contribution in [1.82, 2.24) is 14.5 Å². The molecule has 122 valence electrons. The first kappa shape index (κ1) is 15.2. The van der Waals surface area contributed by atoms with Gasteiger partial charge in [-0.1, -0.05) is 17.7 Å². The topological polar surface area (TPSA) is 21.1 Å². The van der Waals surface area contributed by atoms with Crippen molar-refractivity contribution in [3.63, 3.8) is 0 Å². The third-order valence-corrected chi connectivity index (χ3v) is 4.95. The lowest BCUT2D eigenvalue weighted by Gasteiger charge is -2.12. The van der Waals surface area contributed by atoms with E-state index in [-0.39, 0.29) is 0 Å². The van der Waals surface area contributed by atoms with E-state index in [2.05, 4.69) is 65.0 Å². The van der Waals surface area contributed by atoms with Crippen molar-refractivity contribution >= 4 is 23.2 Å². The Morgan fingerprint density at radius 3 is 2.83 bits per heavy atom. The van der Waals surface area contributed by atoms with Crippen LogP contribution >= 0.6 is 0 Å². The Morgan fingerprint density at radius 2 is 2.00 bits per heavy atom. The molecule has 3 heteroatoms. The van der Waals surface area contributed by atoms with Crippen LogP contribution in [0.5, 0.6) is 0 Å². The molecule has 2 aromatic heterocycles. The molecule has 3 heterocycles. The quantitative estimate of drug-likeness (QED) is 0.712. The van der Waals surface area contributed by atoms with E-state index in [4.69, 9.17) is 0 Å². The van der Waals surface area contributed by atoms with Gasteiger partial charge in [-0.2, -0.15) is 0 Å². The standard InChI is InChI=1S/C21H23N3/c1-16-5-6-20-19(14-16)18-8-11-23(2)12-9-21(18)24(20)13-7-17-4-3-10-22-15-17/h3-7,10,13-15H,8-9,11-12H2,1-2H3/b13-7+. The monoisotopic (exact) mass is 317 g/mol. The molecule has 0 saturated carbocycles. The summed E-state index contributed by atoms with van der Waals surface area (Å²) < 4.78 is 2.39. The molecule has 3 nitrogen and oxygen atoms in total. The molecule has 0 unspecified atom stereocenters. The minimum absolute atomic E-state index is 1.09. The van der Waals surface area contributed by atoms with Gasteiger partial charge in [0.15, 0.2) is 0 Å². The lowest BCUT2D eigenvalue weighted by molar-refractivity contribution is 0.351. The first-order chi connectivity index (χ1) is 11.7. The number of benzene rings is 1. The Balaban J connectivity index is 1.86. The van der Waals surface area contributed by atoms with E-state index in [0.29, 0.717) is 0 Å². The number of rotatable bonds is 2. The van der Waals surface area contributed by atoms with Crippen LogP contribution in [0.2, 0.25) is 0 Å². The molecule has 0 bridgehead atoms. The number of hydrogen-bond donors (Lipinski definition) is 0. The molecule has 0 atom stereocenters. The van der Waals surface area contributed by atoms with Crippen LogP contribution < -0.4 is 0 Å². The number of likely N-dealkylation sites (N-methyl/N-ethyl adjacent to an activating group) is 1. The Hall–Kier alpha value is -2.39. The summed E-state index contributed by atoms with van der Waals surface area (Å²) in [5.74, 6) is 0. The smallest absolute Gasteiger partial charge is 0.0528 e. The Labute approximate surface area is 143 Å². The van der Waals surface area contributed by atoms with Crippen molar-refractivity contribution in [2.75, 3.05) is 20.1 Å². The number of pyridine rings is 1. The molecule has 0 N–H and O–H groups in total. The van der Waals surface area contributed by atoms with Gasteiger partial charge in [0.05, 0.1) is 5.52 Å². The number of aryl methyl sites for hydroxylation is 1. The van der Waals surface area contributed by atoms with Gasteiger partial charge in [0.1, 0.15) is 0 Å². The molecule has 0 saturated heterocycles. The zero-order valence-electron chi connectivity index (χ0n) is 14.4. The molecular weight excluding hydrogens is 294 g/mol. The lowest BCUT2D eigenvalue weighted by Crippen LogP contribution is -2.21. The van der Waals surface area contributed by atoms with Crippen LogP contribution in [-0.2, 0) is 12.8 Å². The van der Waals surface area contributed by atoms with Crippen molar-refractivity contribution in [2.45, 2.75) is 19.8 Å². The average molecular weight is 317 g/mol. The summed E-state index contributed by atoms with van der Waals surface area (Å²) in [6.45, 7) is 4.42. The zero-order valence-corrected chi connectivity index (χ0v) is 14.4. The van der Waals surface area contributed by atoms with Gasteiger partial charge in [0.25, 0.3) is 0 Å². The third-order valence-electron chi connectivity index (χ3n) is 4.95. The number of fused-ring (bicyclic) bond motifs is 3. The van der Waals surface area contributed by atoms with Gasteiger partial charge in [0, 0.05) is 49.2 Å². The molecule has 0 amide bonds. The van der Waals surface area contributed by atoms with E-state index < -0.39 is 0 Å². The van der Waals surface area contributed by atoms with Crippen LogP contribution in [0, 0.1) is 6.92 Å². The highest BCUT2D eigenvalue weighted by atomic mass is 15.1. The minimum atomic E-state index is 1.09. The van der Waals surface area contributed by atoms with Crippen molar-refractivity contribution in [2.24, 2.45) is 0 Å².